The number of rotatable bonds is 5. The van der Waals surface area contributed by atoms with E-state index in [9.17, 15) is 4.79 Å². The minimum atomic E-state index is -0.215. The smallest absolute Gasteiger partial charge is 0.311 e. The number of aromatic nitrogens is 1. The summed E-state index contributed by atoms with van der Waals surface area (Å²) in [6.07, 6.45) is 0.256. The van der Waals surface area contributed by atoms with Gasteiger partial charge in [0.05, 0.1) is 37.4 Å². The van der Waals surface area contributed by atoms with Crippen LogP contribution in [-0.2, 0) is 20.7 Å². The van der Waals surface area contributed by atoms with Crippen LogP contribution in [0.3, 0.4) is 0 Å². The molecular weight excluding hydrogens is 264 g/mol. The number of thiazole rings is 1. The van der Waals surface area contributed by atoms with Crippen molar-refractivity contribution in [3.05, 3.63) is 10.6 Å². The number of methoxy groups -OCH3 is 1. The molecule has 0 aliphatic carbocycles. The number of carbonyl (C=O) groups is 1. The Morgan fingerprint density at radius 2 is 2.21 bits per heavy atom. The molecule has 19 heavy (non-hydrogen) atoms. The molecule has 6 heteroatoms. The van der Waals surface area contributed by atoms with Gasteiger partial charge >= 0.3 is 5.97 Å². The number of anilines is 1. The van der Waals surface area contributed by atoms with Gasteiger partial charge in [-0.05, 0) is 20.8 Å². The van der Waals surface area contributed by atoms with E-state index >= 15 is 0 Å². The molecule has 1 aliphatic rings. The molecule has 0 amide bonds. The Bertz CT molecular complexity index is 466. The fourth-order valence-corrected chi connectivity index (χ4v) is 3.01. The molecule has 0 saturated carbocycles. The van der Waals surface area contributed by atoms with E-state index < -0.39 is 0 Å². The largest absolute Gasteiger partial charge is 0.466 e. The molecule has 1 aromatic heterocycles. The van der Waals surface area contributed by atoms with Gasteiger partial charge in [0, 0.05) is 12.0 Å². The average molecular weight is 284 g/mol. The average Bonchev–Trinajstić information content (AvgIpc) is 2.67. The highest BCUT2D eigenvalue weighted by Crippen LogP contribution is 2.34. The molecule has 1 fully saturated rings. The monoisotopic (exact) mass is 284 g/mol. The first-order valence-corrected chi connectivity index (χ1v) is 7.21. The van der Waals surface area contributed by atoms with E-state index in [-0.39, 0.29) is 18.0 Å². The van der Waals surface area contributed by atoms with Crippen LogP contribution in [0.25, 0.3) is 0 Å². The lowest BCUT2D eigenvalue weighted by molar-refractivity contribution is -0.142. The van der Waals surface area contributed by atoms with Crippen LogP contribution in [0.5, 0.6) is 0 Å². The first-order chi connectivity index (χ1) is 8.97. The lowest BCUT2D eigenvalue weighted by atomic mass is 9.97. The van der Waals surface area contributed by atoms with Crippen LogP contribution in [0.2, 0.25) is 0 Å². The third-order valence-electron chi connectivity index (χ3n) is 3.31. The summed E-state index contributed by atoms with van der Waals surface area (Å²) in [5.41, 5.74) is 0.755. The number of hydrogen-bond acceptors (Lipinski definition) is 6. The molecule has 0 atom stereocenters. The summed E-state index contributed by atoms with van der Waals surface area (Å²) in [4.78, 5) is 19.3. The van der Waals surface area contributed by atoms with Gasteiger partial charge in [0.2, 0.25) is 0 Å². The first kappa shape index (κ1) is 14.3. The minimum Gasteiger partial charge on any atom is -0.466 e. The van der Waals surface area contributed by atoms with Crippen molar-refractivity contribution in [1.29, 1.82) is 0 Å². The fraction of sp³-hybridized carbons (Fsp3) is 0.692. The Morgan fingerprint density at radius 3 is 2.79 bits per heavy atom. The Hall–Kier alpha value is -1.14. The van der Waals surface area contributed by atoms with Crippen LogP contribution in [0, 0.1) is 6.92 Å². The van der Waals surface area contributed by atoms with Crippen molar-refractivity contribution in [3.8, 4) is 0 Å². The second-order valence-electron chi connectivity index (χ2n) is 4.99. The van der Waals surface area contributed by atoms with Crippen LogP contribution in [0.15, 0.2) is 0 Å². The van der Waals surface area contributed by atoms with Crippen LogP contribution in [0.4, 0.5) is 5.13 Å². The lowest BCUT2D eigenvalue weighted by Crippen LogP contribution is -2.61. The molecule has 1 aliphatic heterocycles. The molecule has 2 heterocycles. The number of aryl methyl sites for hydroxylation is 1. The minimum absolute atomic E-state index is 0.0686. The van der Waals surface area contributed by atoms with E-state index in [0.29, 0.717) is 6.61 Å². The molecule has 2 rings (SSSR count). The number of carbonyl (C=O) groups excluding carboxylic acids is 1. The standard InChI is InChI=1S/C13H20N2O3S/c1-5-18-11(16)6-10-9(2)19-12(14-10)15-7-13(3,8-15)17-4/h5-8H2,1-4H3. The third kappa shape index (κ3) is 3.06. The molecule has 0 unspecified atom stereocenters. The predicted molar refractivity (Wildman–Crippen MR) is 74.8 cm³/mol. The van der Waals surface area contributed by atoms with E-state index in [1.807, 2.05) is 13.8 Å². The summed E-state index contributed by atoms with van der Waals surface area (Å²) in [5.74, 6) is -0.215. The zero-order valence-corrected chi connectivity index (χ0v) is 12.7. The van der Waals surface area contributed by atoms with Crippen molar-refractivity contribution in [1.82, 2.24) is 4.98 Å². The molecule has 0 spiro atoms. The first-order valence-electron chi connectivity index (χ1n) is 6.39. The molecule has 0 N–H and O–H groups in total. The van der Waals surface area contributed by atoms with Gasteiger partial charge in [-0.1, -0.05) is 0 Å². The van der Waals surface area contributed by atoms with E-state index in [2.05, 4.69) is 16.8 Å². The number of esters is 1. The zero-order chi connectivity index (χ0) is 14.0. The Balaban J connectivity index is 2.00. The summed E-state index contributed by atoms with van der Waals surface area (Å²) in [7, 11) is 1.73. The molecule has 5 nitrogen and oxygen atoms in total. The lowest BCUT2D eigenvalue weighted by Gasteiger charge is -2.46. The Morgan fingerprint density at radius 1 is 1.53 bits per heavy atom. The molecule has 106 valence electrons. The normalized spacial score (nSPS) is 17.2. The van der Waals surface area contributed by atoms with Gasteiger partial charge in [-0.2, -0.15) is 0 Å². The van der Waals surface area contributed by atoms with Crippen molar-refractivity contribution < 1.29 is 14.3 Å². The molecule has 0 bridgehead atoms. The molecule has 0 aromatic carbocycles. The van der Waals surface area contributed by atoms with E-state index in [1.54, 1.807) is 18.4 Å². The van der Waals surface area contributed by atoms with Gasteiger partial charge in [-0.3, -0.25) is 4.79 Å². The number of nitrogens with zero attached hydrogens (tertiary/aromatic N) is 2. The van der Waals surface area contributed by atoms with Crippen molar-refractivity contribution in [3.63, 3.8) is 0 Å². The van der Waals surface area contributed by atoms with Gasteiger partial charge in [-0.25, -0.2) is 4.98 Å². The SMILES string of the molecule is CCOC(=O)Cc1nc(N2CC(C)(OC)C2)sc1C. The second-order valence-corrected chi connectivity index (χ2v) is 6.17. The maximum atomic E-state index is 11.5. The van der Waals surface area contributed by atoms with Crippen molar-refractivity contribution in [2.45, 2.75) is 32.8 Å². The molecular formula is C13H20N2O3S. The Kier molecular flexibility index (Phi) is 4.10. The van der Waals surface area contributed by atoms with Gasteiger partial charge < -0.3 is 14.4 Å². The topological polar surface area (TPSA) is 51.7 Å². The second kappa shape index (κ2) is 5.46. The highest BCUT2D eigenvalue weighted by molar-refractivity contribution is 7.15. The Labute approximate surface area is 117 Å². The predicted octanol–water partition coefficient (Wildman–Crippen LogP) is 1.78. The summed E-state index contributed by atoms with van der Waals surface area (Å²) in [6.45, 7) is 7.98. The highest BCUT2D eigenvalue weighted by Gasteiger charge is 2.40. The zero-order valence-electron chi connectivity index (χ0n) is 11.9. The summed E-state index contributed by atoms with van der Waals surface area (Å²) in [6, 6.07) is 0. The van der Waals surface area contributed by atoms with Crippen molar-refractivity contribution in [2.24, 2.45) is 0 Å². The summed E-state index contributed by atoms with van der Waals surface area (Å²) >= 11 is 1.62. The fourth-order valence-electron chi connectivity index (χ4n) is 2.09. The maximum Gasteiger partial charge on any atom is 0.311 e. The number of hydrogen-bond donors (Lipinski definition) is 0. The van der Waals surface area contributed by atoms with Crippen molar-refractivity contribution >= 4 is 22.4 Å². The van der Waals surface area contributed by atoms with Crippen LogP contribution < -0.4 is 4.90 Å². The third-order valence-corrected chi connectivity index (χ3v) is 4.39. The summed E-state index contributed by atoms with van der Waals surface area (Å²) < 4.78 is 10.4. The van der Waals surface area contributed by atoms with E-state index in [0.717, 1.165) is 28.8 Å². The van der Waals surface area contributed by atoms with Gasteiger partial charge in [-0.15, -0.1) is 11.3 Å². The molecule has 1 saturated heterocycles. The highest BCUT2D eigenvalue weighted by atomic mass is 32.1. The van der Waals surface area contributed by atoms with Gasteiger partial charge in [0.1, 0.15) is 0 Å². The van der Waals surface area contributed by atoms with Crippen LogP contribution in [-0.4, -0.2) is 43.4 Å². The van der Waals surface area contributed by atoms with E-state index in [1.165, 1.54) is 0 Å². The van der Waals surface area contributed by atoms with Gasteiger partial charge in [0.25, 0.3) is 0 Å². The van der Waals surface area contributed by atoms with E-state index in [4.69, 9.17) is 9.47 Å². The van der Waals surface area contributed by atoms with Crippen LogP contribution in [0.1, 0.15) is 24.4 Å². The van der Waals surface area contributed by atoms with Crippen molar-refractivity contribution in [2.75, 3.05) is 31.7 Å². The summed E-state index contributed by atoms with van der Waals surface area (Å²) in [5, 5.41) is 0.964. The number of ether oxygens (including phenoxy) is 2. The molecule has 1 aromatic rings. The van der Waals surface area contributed by atoms with Gasteiger partial charge in [0.15, 0.2) is 5.13 Å². The maximum absolute atomic E-state index is 11.5. The van der Waals surface area contributed by atoms with Crippen LogP contribution >= 0.6 is 11.3 Å². The molecule has 0 radical (unpaired) electrons. The quantitative estimate of drug-likeness (QED) is 0.772.